The van der Waals surface area contributed by atoms with Gasteiger partial charge in [-0.2, -0.15) is 13.2 Å². The molecule has 0 saturated heterocycles. The van der Waals surface area contributed by atoms with Crippen molar-refractivity contribution in [3.63, 3.8) is 0 Å². The molecule has 0 aromatic carbocycles. The van der Waals surface area contributed by atoms with E-state index in [0.29, 0.717) is 37.1 Å². The Morgan fingerprint density at radius 3 is 2.70 bits per heavy atom. The van der Waals surface area contributed by atoms with Crippen molar-refractivity contribution in [3.05, 3.63) is 28.9 Å². The van der Waals surface area contributed by atoms with Crippen LogP contribution in [0.5, 0.6) is 0 Å². The van der Waals surface area contributed by atoms with Crippen LogP contribution < -0.4 is 5.32 Å². The Hall–Kier alpha value is -2.31. The highest BCUT2D eigenvalue weighted by Gasteiger charge is 2.33. The predicted molar refractivity (Wildman–Crippen MR) is 113 cm³/mol. The van der Waals surface area contributed by atoms with E-state index >= 15 is 0 Å². The second-order valence-corrected chi connectivity index (χ2v) is 9.91. The summed E-state index contributed by atoms with van der Waals surface area (Å²) in [6, 6.07) is 0.904. The molecule has 0 radical (unpaired) electrons. The second-order valence-electron chi connectivity index (χ2n) is 6.33. The van der Waals surface area contributed by atoms with Crippen LogP contribution in [0.4, 0.5) is 13.2 Å². The number of fused-ring (bicyclic) bond motifs is 2. The first-order valence-electron chi connectivity index (χ1n) is 8.71. The van der Waals surface area contributed by atoms with E-state index in [4.69, 9.17) is 0 Å². The van der Waals surface area contributed by atoms with Crippen molar-refractivity contribution < 1.29 is 22.2 Å². The number of aryl methyl sites for hydroxylation is 1. The zero-order valence-electron chi connectivity index (χ0n) is 16.0. The lowest BCUT2D eigenvalue weighted by Crippen LogP contribution is -2.16. The minimum absolute atomic E-state index is 0.145. The van der Waals surface area contributed by atoms with Crippen molar-refractivity contribution in [2.75, 3.05) is 12.8 Å². The lowest BCUT2D eigenvalue weighted by Gasteiger charge is -2.05. The first-order valence-corrected chi connectivity index (χ1v) is 11.7. The summed E-state index contributed by atoms with van der Waals surface area (Å²) in [7, 11) is 1.85. The number of alkyl halides is 3. The van der Waals surface area contributed by atoms with Crippen LogP contribution in [0.1, 0.15) is 23.0 Å². The number of carbonyl (C=O) groups is 1. The van der Waals surface area contributed by atoms with E-state index in [-0.39, 0.29) is 11.4 Å². The molecule has 4 heterocycles. The summed E-state index contributed by atoms with van der Waals surface area (Å²) in [6.07, 6.45) is -3.44. The molecule has 1 atom stereocenters. The Balaban J connectivity index is 1.99. The molecule has 30 heavy (non-hydrogen) atoms. The number of thiophene rings is 2. The van der Waals surface area contributed by atoms with Crippen LogP contribution in [0.2, 0.25) is 0 Å². The van der Waals surface area contributed by atoms with Gasteiger partial charge in [-0.1, -0.05) is 6.92 Å². The Morgan fingerprint density at radius 2 is 2.07 bits per heavy atom. The number of nitrogens with one attached hydrogen (secondary N) is 1. The number of carbonyl (C=O) groups excluding carboxylic acids is 1. The fraction of sp³-hybridized carbons (Fsp3) is 0.278. The average molecular weight is 473 g/mol. The number of nitrogens with zero attached hydrogens (tertiary/aromatic N) is 3. The average Bonchev–Trinajstić information content (AvgIpc) is 3.37. The normalized spacial score (nSPS) is 13.3. The number of hydrogen-bond donors (Lipinski definition) is 1. The molecule has 0 aliphatic heterocycles. The van der Waals surface area contributed by atoms with Crippen molar-refractivity contribution in [3.8, 4) is 10.7 Å². The maximum Gasteiger partial charge on any atom is 0.433 e. The highest BCUT2D eigenvalue weighted by molar-refractivity contribution is 7.85. The van der Waals surface area contributed by atoms with E-state index in [9.17, 15) is 22.2 Å². The maximum atomic E-state index is 13.0. The van der Waals surface area contributed by atoms with E-state index in [1.165, 1.54) is 29.7 Å². The van der Waals surface area contributed by atoms with Crippen molar-refractivity contribution in [1.82, 2.24) is 19.9 Å². The van der Waals surface area contributed by atoms with Crippen LogP contribution in [0.15, 0.2) is 22.5 Å². The molecule has 1 amide bonds. The molecule has 4 rings (SSSR count). The summed E-state index contributed by atoms with van der Waals surface area (Å²) < 4.78 is 55.0. The van der Waals surface area contributed by atoms with Gasteiger partial charge in [-0.3, -0.25) is 9.00 Å². The van der Waals surface area contributed by atoms with Crippen LogP contribution in [0, 0.1) is 0 Å². The topological polar surface area (TPSA) is 76.9 Å². The quantitative estimate of drug-likeness (QED) is 0.477. The monoisotopic (exact) mass is 472 g/mol. The van der Waals surface area contributed by atoms with Gasteiger partial charge in [0.2, 0.25) is 0 Å². The standard InChI is InChI=1S/C18H15F3N4O2S3/c1-4-30(27)15-13-12(8(7-28-13)17(26)22-2)29-14(15)16-24-9-5-11(18(19,20)21)23-6-10(9)25(16)3/h5-7H,4H2,1-3H3,(H,22,26). The van der Waals surface area contributed by atoms with Gasteiger partial charge in [-0.05, 0) is 6.07 Å². The third kappa shape index (κ3) is 3.22. The summed E-state index contributed by atoms with van der Waals surface area (Å²) in [6.45, 7) is 1.78. The molecule has 0 saturated carbocycles. The lowest BCUT2D eigenvalue weighted by atomic mass is 10.3. The van der Waals surface area contributed by atoms with Gasteiger partial charge in [-0.15, -0.1) is 22.7 Å². The van der Waals surface area contributed by atoms with Crippen molar-refractivity contribution >= 4 is 59.8 Å². The first-order chi connectivity index (χ1) is 14.2. The van der Waals surface area contributed by atoms with E-state index in [2.05, 4.69) is 15.3 Å². The number of halogens is 3. The number of aromatic nitrogens is 3. The fourth-order valence-corrected chi connectivity index (χ4v) is 7.30. The molecule has 12 heteroatoms. The van der Waals surface area contributed by atoms with Gasteiger partial charge in [0, 0.05) is 25.2 Å². The minimum atomic E-state index is -4.57. The fourth-order valence-electron chi connectivity index (χ4n) is 3.09. The summed E-state index contributed by atoms with van der Waals surface area (Å²) in [5.41, 5.74) is 0.0230. The summed E-state index contributed by atoms with van der Waals surface area (Å²) in [4.78, 5) is 21.3. The molecule has 1 unspecified atom stereocenters. The van der Waals surface area contributed by atoms with E-state index in [1.54, 1.807) is 23.9 Å². The lowest BCUT2D eigenvalue weighted by molar-refractivity contribution is -0.141. The molecule has 0 aliphatic carbocycles. The van der Waals surface area contributed by atoms with Crippen molar-refractivity contribution in [1.29, 1.82) is 0 Å². The third-order valence-electron chi connectivity index (χ3n) is 4.58. The minimum Gasteiger partial charge on any atom is -0.355 e. The largest absolute Gasteiger partial charge is 0.433 e. The van der Waals surface area contributed by atoms with Gasteiger partial charge in [0.1, 0.15) is 5.69 Å². The van der Waals surface area contributed by atoms with E-state index < -0.39 is 22.7 Å². The Labute approximate surface area is 179 Å². The van der Waals surface area contributed by atoms with Crippen molar-refractivity contribution in [2.24, 2.45) is 7.05 Å². The van der Waals surface area contributed by atoms with Gasteiger partial charge in [0.15, 0.2) is 5.82 Å². The number of amides is 1. The Kier molecular flexibility index (Phi) is 5.19. The van der Waals surface area contributed by atoms with Crippen LogP contribution in [0.3, 0.4) is 0 Å². The van der Waals surface area contributed by atoms with Gasteiger partial charge in [0.25, 0.3) is 5.91 Å². The van der Waals surface area contributed by atoms with Crippen LogP contribution >= 0.6 is 22.7 Å². The van der Waals surface area contributed by atoms with Crippen LogP contribution in [-0.2, 0) is 24.0 Å². The van der Waals surface area contributed by atoms with Crippen LogP contribution in [0.25, 0.3) is 31.1 Å². The number of hydrogen-bond acceptors (Lipinski definition) is 6. The first kappa shape index (κ1) is 20.9. The molecule has 158 valence electrons. The SMILES string of the molecule is CCS(=O)c1c(-c2nc3cc(C(F)(F)F)ncc3n2C)sc2c(C(=O)NC)csc12. The third-order valence-corrected chi connectivity index (χ3v) is 8.58. The molecule has 4 aromatic rings. The van der Waals surface area contributed by atoms with Gasteiger partial charge < -0.3 is 9.88 Å². The Bertz CT molecular complexity index is 1320. The molecule has 6 nitrogen and oxygen atoms in total. The smallest absolute Gasteiger partial charge is 0.355 e. The van der Waals surface area contributed by atoms with E-state index in [1.807, 2.05) is 0 Å². The molecule has 0 bridgehead atoms. The Morgan fingerprint density at radius 1 is 1.33 bits per heavy atom. The number of rotatable bonds is 4. The molecule has 0 fully saturated rings. The zero-order valence-corrected chi connectivity index (χ0v) is 18.4. The summed E-state index contributed by atoms with van der Waals surface area (Å²) >= 11 is 2.59. The van der Waals surface area contributed by atoms with Crippen LogP contribution in [-0.4, -0.2) is 37.5 Å². The van der Waals surface area contributed by atoms with Crippen molar-refractivity contribution in [2.45, 2.75) is 18.0 Å². The van der Waals surface area contributed by atoms with Gasteiger partial charge in [0.05, 0.1) is 52.8 Å². The summed E-state index contributed by atoms with van der Waals surface area (Å²) in [5, 5.41) is 4.30. The molecule has 4 aromatic heterocycles. The molecule has 0 spiro atoms. The van der Waals surface area contributed by atoms with E-state index in [0.717, 1.165) is 17.0 Å². The second kappa shape index (κ2) is 7.43. The molecular weight excluding hydrogens is 457 g/mol. The molecule has 0 aliphatic rings. The number of pyridine rings is 1. The zero-order chi connectivity index (χ0) is 21.8. The highest BCUT2D eigenvalue weighted by Crippen LogP contribution is 2.45. The maximum absolute atomic E-state index is 13.0. The highest BCUT2D eigenvalue weighted by atomic mass is 32.2. The predicted octanol–water partition coefficient (Wildman–Crippen LogP) is 4.42. The van der Waals surface area contributed by atoms with Gasteiger partial charge in [-0.25, -0.2) is 9.97 Å². The summed E-state index contributed by atoms with van der Waals surface area (Å²) in [5.74, 6) is 0.488. The molecular formula is C18H15F3N4O2S3. The molecule has 1 N–H and O–H groups in total. The number of imidazole rings is 1. The van der Waals surface area contributed by atoms with Gasteiger partial charge >= 0.3 is 6.18 Å².